The Balaban J connectivity index is 1.71. The van der Waals surface area contributed by atoms with Gasteiger partial charge in [-0.2, -0.15) is 0 Å². The Morgan fingerprint density at radius 3 is 2.65 bits per heavy atom. The number of carbonyl (C=O) groups excluding carboxylic acids is 1. The fourth-order valence-corrected chi connectivity index (χ4v) is 3.58. The van der Waals surface area contributed by atoms with Crippen molar-refractivity contribution in [3.8, 4) is 17.0 Å². The standard InChI is InChI=1S/C24H25N5O2/c1-15(2)19-11-9-17(13-21(19)26-16(3)30)27-24-25-14-18-10-12-22(29(18)28-24)20-7-5-6-8-23(20)31-4/h5-15H,1-4H3,(H,26,30)(H,27,28). The number of ether oxygens (including phenoxy) is 1. The number of anilines is 3. The van der Waals surface area contributed by atoms with Crippen molar-refractivity contribution in [2.24, 2.45) is 0 Å². The van der Waals surface area contributed by atoms with Gasteiger partial charge in [-0.25, -0.2) is 9.50 Å². The van der Waals surface area contributed by atoms with Crippen LogP contribution in [0.3, 0.4) is 0 Å². The van der Waals surface area contributed by atoms with Crippen LogP contribution in [-0.4, -0.2) is 27.6 Å². The summed E-state index contributed by atoms with van der Waals surface area (Å²) in [6.45, 7) is 5.69. The van der Waals surface area contributed by atoms with E-state index in [2.05, 4.69) is 34.6 Å². The van der Waals surface area contributed by atoms with E-state index in [1.807, 2.05) is 59.1 Å². The number of carbonyl (C=O) groups is 1. The smallest absolute Gasteiger partial charge is 0.245 e. The number of hydrogen-bond acceptors (Lipinski definition) is 5. The average molecular weight is 415 g/mol. The molecule has 7 heteroatoms. The van der Waals surface area contributed by atoms with Gasteiger partial charge in [-0.05, 0) is 47.9 Å². The molecule has 0 fully saturated rings. The summed E-state index contributed by atoms with van der Waals surface area (Å²) in [7, 11) is 1.66. The molecule has 0 saturated heterocycles. The molecule has 0 unspecified atom stereocenters. The second-order valence-corrected chi connectivity index (χ2v) is 7.60. The second kappa shape index (κ2) is 8.47. The van der Waals surface area contributed by atoms with Crippen molar-refractivity contribution in [1.82, 2.24) is 14.6 Å². The van der Waals surface area contributed by atoms with Gasteiger partial charge in [0.2, 0.25) is 11.9 Å². The van der Waals surface area contributed by atoms with E-state index in [1.54, 1.807) is 13.3 Å². The maximum absolute atomic E-state index is 11.6. The summed E-state index contributed by atoms with van der Waals surface area (Å²) in [5.74, 6) is 1.41. The molecular weight excluding hydrogens is 390 g/mol. The Bertz CT molecular complexity index is 1250. The fourth-order valence-electron chi connectivity index (χ4n) is 3.58. The summed E-state index contributed by atoms with van der Waals surface area (Å²) in [5, 5.41) is 10.8. The third-order valence-electron chi connectivity index (χ3n) is 5.02. The zero-order chi connectivity index (χ0) is 22.0. The third kappa shape index (κ3) is 4.21. The third-order valence-corrected chi connectivity index (χ3v) is 5.02. The molecule has 1 amide bonds. The van der Waals surface area contributed by atoms with E-state index in [1.165, 1.54) is 6.92 Å². The first-order valence-corrected chi connectivity index (χ1v) is 10.1. The molecule has 0 aliphatic carbocycles. The molecule has 0 bridgehead atoms. The van der Waals surface area contributed by atoms with Gasteiger partial charge in [0.1, 0.15) is 5.75 Å². The first kappa shape index (κ1) is 20.4. The lowest BCUT2D eigenvalue weighted by molar-refractivity contribution is -0.114. The van der Waals surface area contributed by atoms with E-state index >= 15 is 0 Å². The van der Waals surface area contributed by atoms with Gasteiger partial charge in [0.15, 0.2) is 0 Å². The minimum absolute atomic E-state index is 0.106. The monoisotopic (exact) mass is 415 g/mol. The number of fused-ring (bicyclic) bond motifs is 1. The van der Waals surface area contributed by atoms with Gasteiger partial charge in [0, 0.05) is 23.9 Å². The van der Waals surface area contributed by atoms with Crippen LogP contribution in [-0.2, 0) is 4.79 Å². The van der Waals surface area contributed by atoms with Crippen LogP contribution in [0.15, 0.2) is 60.8 Å². The molecule has 31 heavy (non-hydrogen) atoms. The van der Waals surface area contributed by atoms with E-state index in [0.29, 0.717) is 5.95 Å². The molecule has 2 N–H and O–H groups in total. The van der Waals surface area contributed by atoms with Gasteiger partial charge in [-0.15, -0.1) is 5.10 Å². The normalized spacial score (nSPS) is 11.0. The minimum Gasteiger partial charge on any atom is -0.496 e. The van der Waals surface area contributed by atoms with Gasteiger partial charge in [0.05, 0.1) is 24.5 Å². The van der Waals surface area contributed by atoms with Crippen molar-refractivity contribution < 1.29 is 9.53 Å². The summed E-state index contributed by atoms with van der Waals surface area (Å²) in [6.07, 6.45) is 1.77. The summed E-state index contributed by atoms with van der Waals surface area (Å²) in [6, 6.07) is 17.7. The Labute approximate surface area is 181 Å². The Kier molecular flexibility index (Phi) is 5.58. The Morgan fingerprint density at radius 2 is 1.90 bits per heavy atom. The SMILES string of the molecule is COc1ccccc1-c1ccc2cnc(Nc3ccc(C(C)C)c(NC(C)=O)c3)nn12. The van der Waals surface area contributed by atoms with Crippen LogP contribution in [0.4, 0.5) is 17.3 Å². The van der Waals surface area contributed by atoms with Crippen LogP contribution in [0.25, 0.3) is 16.8 Å². The van der Waals surface area contributed by atoms with Crippen molar-refractivity contribution in [1.29, 1.82) is 0 Å². The Morgan fingerprint density at radius 1 is 1.10 bits per heavy atom. The molecule has 0 spiro atoms. The fraction of sp³-hybridized carbons (Fsp3) is 0.208. The zero-order valence-electron chi connectivity index (χ0n) is 18.0. The maximum Gasteiger partial charge on any atom is 0.245 e. The van der Waals surface area contributed by atoms with Crippen LogP contribution in [0.2, 0.25) is 0 Å². The number of benzene rings is 2. The van der Waals surface area contributed by atoms with Gasteiger partial charge in [-0.1, -0.05) is 32.0 Å². The minimum atomic E-state index is -0.106. The predicted octanol–water partition coefficient (Wildman–Crippen LogP) is 5.23. The van der Waals surface area contributed by atoms with Crippen molar-refractivity contribution in [3.63, 3.8) is 0 Å². The van der Waals surface area contributed by atoms with Crippen molar-refractivity contribution in [2.75, 3.05) is 17.7 Å². The van der Waals surface area contributed by atoms with Crippen molar-refractivity contribution >= 4 is 28.7 Å². The lowest BCUT2D eigenvalue weighted by Crippen LogP contribution is -2.09. The van der Waals surface area contributed by atoms with E-state index < -0.39 is 0 Å². The quantitative estimate of drug-likeness (QED) is 0.451. The van der Waals surface area contributed by atoms with E-state index in [-0.39, 0.29) is 11.8 Å². The van der Waals surface area contributed by atoms with Crippen LogP contribution in [0, 0.1) is 0 Å². The first-order chi connectivity index (χ1) is 15.0. The highest BCUT2D eigenvalue weighted by Crippen LogP contribution is 2.31. The number of para-hydroxylation sites is 1. The molecule has 2 heterocycles. The maximum atomic E-state index is 11.6. The molecule has 2 aromatic carbocycles. The molecular formula is C24H25N5O2. The second-order valence-electron chi connectivity index (χ2n) is 7.60. The number of aromatic nitrogens is 3. The number of rotatable bonds is 6. The zero-order valence-corrected chi connectivity index (χ0v) is 18.0. The van der Waals surface area contributed by atoms with E-state index in [9.17, 15) is 4.79 Å². The van der Waals surface area contributed by atoms with E-state index in [4.69, 9.17) is 4.74 Å². The van der Waals surface area contributed by atoms with Gasteiger partial charge < -0.3 is 15.4 Å². The number of amides is 1. The van der Waals surface area contributed by atoms with Gasteiger partial charge in [0.25, 0.3) is 0 Å². The average Bonchev–Trinajstić information content (AvgIpc) is 3.16. The predicted molar refractivity (Wildman–Crippen MR) is 123 cm³/mol. The van der Waals surface area contributed by atoms with Crippen LogP contribution in [0.1, 0.15) is 32.3 Å². The lowest BCUT2D eigenvalue weighted by atomic mass is 10.0. The molecule has 4 rings (SSSR count). The number of nitrogens with one attached hydrogen (secondary N) is 2. The van der Waals surface area contributed by atoms with Gasteiger partial charge >= 0.3 is 0 Å². The Hall–Kier alpha value is -3.87. The molecule has 0 radical (unpaired) electrons. The topological polar surface area (TPSA) is 80.5 Å². The first-order valence-electron chi connectivity index (χ1n) is 10.1. The highest BCUT2D eigenvalue weighted by Gasteiger charge is 2.13. The van der Waals surface area contributed by atoms with E-state index in [0.717, 1.165) is 39.5 Å². The van der Waals surface area contributed by atoms with Crippen LogP contribution >= 0.6 is 0 Å². The number of methoxy groups -OCH3 is 1. The van der Waals surface area contributed by atoms with Crippen LogP contribution in [0.5, 0.6) is 5.75 Å². The molecule has 2 aromatic heterocycles. The van der Waals surface area contributed by atoms with Gasteiger partial charge in [-0.3, -0.25) is 4.79 Å². The molecule has 4 aromatic rings. The summed E-state index contributed by atoms with van der Waals surface area (Å²) in [5.41, 5.74) is 5.38. The van der Waals surface area contributed by atoms with Crippen LogP contribution < -0.4 is 15.4 Å². The lowest BCUT2D eigenvalue weighted by Gasteiger charge is -2.15. The number of nitrogens with zero attached hydrogens (tertiary/aromatic N) is 3. The number of hydrogen-bond donors (Lipinski definition) is 2. The largest absolute Gasteiger partial charge is 0.496 e. The summed E-state index contributed by atoms with van der Waals surface area (Å²) >= 11 is 0. The molecule has 0 atom stereocenters. The van der Waals surface area contributed by atoms with Crippen molar-refractivity contribution in [3.05, 3.63) is 66.4 Å². The molecule has 158 valence electrons. The highest BCUT2D eigenvalue weighted by molar-refractivity contribution is 5.90. The molecule has 0 saturated carbocycles. The molecule has 0 aliphatic heterocycles. The molecule has 0 aliphatic rings. The van der Waals surface area contributed by atoms with Crippen molar-refractivity contribution in [2.45, 2.75) is 26.7 Å². The highest BCUT2D eigenvalue weighted by atomic mass is 16.5. The summed E-state index contributed by atoms with van der Waals surface area (Å²) < 4.78 is 7.35. The summed E-state index contributed by atoms with van der Waals surface area (Å²) in [4.78, 5) is 16.1. The molecule has 7 nitrogen and oxygen atoms in total.